The molecule has 0 atom stereocenters. The molecule has 0 aromatic rings. The van der Waals surface area contributed by atoms with Crippen LogP contribution in [-0.4, -0.2) is 5.33 Å². The van der Waals surface area contributed by atoms with Gasteiger partial charge in [0.1, 0.15) is 0 Å². The van der Waals surface area contributed by atoms with Gasteiger partial charge in [-0.05, 0) is 0 Å². The first-order valence-corrected chi connectivity index (χ1v) is 2.92. The maximum absolute atomic E-state index is 3.33. The zero-order valence-corrected chi connectivity index (χ0v) is 5.46. The van der Waals surface area contributed by atoms with E-state index in [-0.39, 0.29) is 0 Å². The molecule has 0 aliphatic carbocycles. The van der Waals surface area contributed by atoms with E-state index < -0.39 is 0 Å². The standard InChI is InChI=1S/C6H5Br/c1-2-3-4-5-6-7/h3H,1,6H2. The second kappa shape index (κ2) is 5.56. The van der Waals surface area contributed by atoms with E-state index in [1.807, 2.05) is 0 Å². The molecule has 36 valence electrons. The van der Waals surface area contributed by atoms with Crippen molar-refractivity contribution < 1.29 is 0 Å². The lowest BCUT2D eigenvalue weighted by atomic mass is 10.6. The molecule has 0 bridgehead atoms. The van der Waals surface area contributed by atoms with E-state index in [0.29, 0.717) is 5.33 Å². The lowest BCUT2D eigenvalue weighted by molar-refractivity contribution is 1.98. The van der Waals surface area contributed by atoms with Crippen LogP contribution in [0.1, 0.15) is 0 Å². The second-order valence-corrected chi connectivity index (χ2v) is 1.36. The number of rotatable bonds is 0. The molecule has 0 aromatic carbocycles. The van der Waals surface area contributed by atoms with Gasteiger partial charge in [0.2, 0.25) is 0 Å². The highest BCUT2D eigenvalue weighted by Crippen LogP contribution is 1.71. The van der Waals surface area contributed by atoms with Gasteiger partial charge in [-0.3, -0.25) is 0 Å². The third-order valence-electron chi connectivity index (χ3n) is 0.343. The van der Waals surface area contributed by atoms with Crippen molar-refractivity contribution in [3.05, 3.63) is 18.4 Å². The van der Waals surface area contributed by atoms with Crippen LogP contribution < -0.4 is 0 Å². The Labute approximate surface area is 52.1 Å². The molecule has 1 heteroatoms. The first kappa shape index (κ1) is 6.56. The molecule has 7 heavy (non-hydrogen) atoms. The fourth-order valence-electron chi connectivity index (χ4n) is 0.141. The van der Waals surface area contributed by atoms with E-state index in [0.717, 1.165) is 0 Å². The number of alkyl halides is 1. The Kier molecular flexibility index (Phi) is 5.21. The van der Waals surface area contributed by atoms with Gasteiger partial charge in [0.15, 0.2) is 0 Å². The van der Waals surface area contributed by atoms with Crippen LogP contribution in [0, 0.1) is 11.8 Å². The first-order valence-electron chi connectivity index (χ1n) is 1.80. The average molecular weight is 157 g/mol. The smallest absolute Gasteiger partial charge is 0.0649 e. The van der Waals surface area contributed by atoms with Gasteiger partial charge in [0.05, 0.1) is 5.33 Å². The van der Waals surface area contributed by atoms with Crippen molar-refractivity contribution in [3.8, 4) is 11.8 Å². The van der Waals surface area contributed by atoms with E-state index in [1.165, 1.54) is 0 Å². The Balaban J connectivity index is 3.45. The van der Waals surface area contributed by atoms with Crippen LogP contribution in [0.3, 0.4) is 0 Å². The molecule has 0 aliphatic heterocycles. The average Bonchev–Trinajstić information content (AvgIpc) is 1.69. The van der Waals surface area contributed by atoms with Crippen LogP contribution in [0.2, 0.25) is 0 Å². The molecule has 0 aromatic heterocycles. The van der Waals surface area contributed by atoms with E-state index in [1.54, 1.807) is 6.08 Å². The predicted octanol–water partition coefficient (Wildman–Crippen LogP) is 1.73. The van der Waals surface area contributed by atoms with Gasteiger partial charge >= 0.3 is 0 Å². The summed E-state index contributed by atoms with van der Waals surface area (Å²) in [7, 11) is 0. The van der Waals surface area contributed by atoms with Crippen molar-refractivity contribution >= 4 is 15.9 Å². The molecule has 0 spiro atoms. The van der Waals surface area contributed by atoms with E-state index >= 15 is 0 Å². The summed E-state index contributed by atoms with van der Waals surface area (Å²) < 4.78 is 0. The van der Waals surface area contributed by atoms with Crippen LogP contribution in [0.5, 0.6) is 0 Å². The Bertz CT molecular complexity index is 130. The summed E-state index contributed by atoms with van der Waals surface area (Å²) in [6.45, 7) is 3.33. The Morgan fingerprint density at radius 3 is 2.86 bits per heavy atom. The van der Waals surface area contributed by atoms with Crippen LogP contribution in [-0.2, 0) is 0 Å². The molecule has 0 aliphatic rings. The molecule has 0 radical (unpaired) electrons. The normalized spacial score (nSPS) is 5.29. The van der Waals surface area contributed by atoms with Crippen LogP contribution in [0.25, 0.3) is 0 Å². The first-order chi connectivity index (χ1) is 3.41. The lowest BCUT2D eigenvalue weighted by Gasteiger charge is -1.59. The predicted molar refractivity (Wildman–Crippen MR) is 35.3 cm³/mol. The van der Waals surface area contributed by atoms with Gasteiger partial charge in [-0.2, -0.15) is 0 Å². The second-order valence-electron chi connectivity index (χ2n) is 0.803. The summed E-state index contributed by atoms with van der Waals surface area (Å²) in [5.74, 6) is 5.45. The van der Waals surface area contributed by atoms with Gasteiger partial charge in [0, 0.05) is 6.08 Å². The van der Waals surface area contributed by atoms with Crippen LogP contribution in [0.4, 0.5) is 0 Å². The molecule has 0 rings (SSSR count). The summed E-state index contributed by atoms with van der Waals surface area (Å²) in [5.41, 5.74) is 2.53. The molecule has 0 amide bonds. The summed E-state index contributed by atoms with van der Waals surface area (Å²) >= 11 is 3.14. The van der Waals surface area contributed by atoms with Gasteiger partial charge in [-0.25, -0.2) is 0 Å². The molecule has 0 saturated carbocycles. The Hall–Kier alpha value is -0.440. The largest absolute Gasteiger partial charge is 0.120 e. The van der Waals surface area contributed by atoms with Crippen molar-refractivity contribution in [3.63, 3.8) is 0 Å². The zero-order chi connectivity index (χ0) is 5.54. The SMILES string of the molecule is C=C=CC#CCBr. The Morgan fingerprint density at radius 2 is 2.43 bits per heavy atom. The summed E-state index contributed by atoms with van der Waals surface area (Å²) in [6, 6.07) is 0. The van der Waals surface area contributed by atoms with E-state index in [9.17, 15) is 0 Å². The van der Waals surface area contributed by atoms with Crippen LogP contribution in [0.15, 0.2) is 18.4 Å². The quantitative estimate of drug-likeness (QED) is 0.285. The highest BCUT2D eigenvalue weighted by molar-refractivity contribution is 9.09. The molecular weight excluding hydrogens is 152 g/mol. The maximum Gasteiger partial charge on any atom is 0.0649 e. The highest BCUT2D eigenvalue weighted by atomic mass is 79.9. The van der Waals surface area contributed by atoms with Gasteiger partial charge in [0.25, 0.3) is 0 Å². The van der Waals surface area contributed by atoms with Crippen molar-refractivity contribution in [2.75, 3.05) is 5.33 Å². The highest BCUT2D eigenvalue weighted by Gasteiger charge is 1.54. The third-order valence-corrected chi connectivity index (χ3v) is 0.623. The minimum absolute atomic E-state index is 0.713. The summed E-state index contributed by atoms with van der Waals surface area (Å²) in [6.07, 6.45) is 1.58. The number of hydrogen-bond donors (Lipinski definition) is 0. The van der Waals surface area contributed by atoms with Crippen molar-refractivity contribution in [1.82, 2.24) is 0 Å². The summed E-state index contributed by atoms with van der Waals surface area (Å²) in [4.78, 5) is 0. The molecule has 0 unspecified atom stereocenters. The van der Waals surface area contributed by atoms with Gasteiger partial charge in [-0.1, -0.05) is 34.3 Å². The van der Waals surface area contributed by atoms with Crippen molar-refractivity contribution in [2.24, 2.45) is 0 Å². The van der Waals surface area contributed by atoms with E-state index in [4.69, 9.17) is 0 Å². The van der Waals surface area contributed by atoms with Gasteiger partial charge < -0.3 is 0 Å². The molecule has 0 saturated heterocycles. The molecule has 0 nitrogen and oxygen atoms in total. The fraction of sp³-hybridized carbons (Fsp3) is 0.167. The molecule has 0 heterocycles. The lowest BCUT2D eigenvalue weighted by Crippen LogP contribution is -1.53. The zero-order valence-electron chi connectivity index (χ0n) is 3.87. The van der Waals surface area contributed by atoms with E-state index in [2.05, 4.69) is 40.1 Å². The topological polar surface area (TPSA) is 0 Å². The van der Waals surface area contributed by atoms with Crippen molar-refractivity contribution in [2.45, 2.75) is 0 Å². The number of halogens is 1. The Morgan fingerprint density at radius 1 is 1.71 bits per heavy atom. The molecular formula is C6H5Br. The minimum Gasteiger partial charge on any atom is -0.120 e. The molecule has 0 fully saturated rings. The monoisotopic (exact) mass is 156 g/mol. The number of allylic oxidation sites excluding steroid dienone is 1. The molecule has 0 N–H and O–H groups in total. The summed E-state index contributed by atoms with van der Waals surface area (Å²) in [5, 5.41) is 0.713. The van der Waals surface area contributed by atoms with Gasteiger partial charge in [-0.15, -0.1) is 5.73 Å². The van der Waals surface area contributed by atoms with Crippen molar-refractivity contribution in [1.29, 1.82) is 0 Å². The third kappa shape index (κ3) is 5.56. The minimum atomic E-state index is 0.713. The van der Waals surface area contributed by atoms with Crippen LogP contribution >= 0.6 is 15.9 Å². The fourth-order valence-corrected chi connectivity index (χ4v) is 0.303. The number of hydrogen-bond acceptors (Lipinski definition) is 0. The maximum atomic E-state index is 3.33.